The number of hydrogen-bond acceptors (Lipinski definition) is 2. The maximum atomic E-state index is 11.8. The molecular weight excluding hydrogens is 214 g/mol. The molecule has 0 radical (unpaired) electrons. The van der Waals surface area contributed by atoms with Crippen LogP contribution in [-0.4, -0.2) is 29.6 Å². The lowest BCUT2D eigenvalue weighted by molar-refractivity contribution is -0.151. The van der Waals surface area contributed by atoms with Gasteiger partial charge >= 0.3 is 5.97 Å². The first-order valence-electron chi connectivity index (χ1n) is 6.16. The lowest BCUT2D eigenvalue weighted by Crippen LogP contribution is -2.48. The fraction of sp³-hybridized carbons (Fsp3) is 0.500. The van der Waals surface area contributed by atoms with Crippen LogP contribution in [-0.2, 0) is 16.8 Å². The van der Waals surface area contributed by atoms with Gasteiger partial charge in [-0.25, -0.2) is 4.79 Å². The molecule has 0 heterocycles. The van der Waals surface area contributed by atoms with E-state index in [4.69, 9.17) is 0 Å². The molecule has 17 heavy (non-hydrogen) atoms. The predicted molar refractivity (Wildman–Crippen MR) is 67.0 cm³/mol. The first-order valence-corrected chi connectivity index (χ1v) is 6.16. The third-order valence-electron chi connectivity index (χ3n) is 3.78. The van der Waals surface area contributed by atoms with Gasteiger partial charge in [0.25, 0.3) is 0 Å². The van der Waals surface area contributed by atoms with E-state index in [1.165, 1.54) is 5.56 Å². The van der Waals surface area contributed by atoms with Gasteiger partial charge in [-0.15, -0.1) is 0 Å². The van der Waals surface area contributed by atoms with Crippen LogP contribution in [0.1, 0.15) is 30.9 Å². The van der Waals surface area contributed by atoms with E-state index in [2.05, 4.69) is 6.92 Å². The van der Waals surface area contributed by atoms with Crippen LogP contribution < -0.4 is 0 Å². The number of aliphatic carboxylic acids is 1. The molecule has 0 spiro atoms. The van der Waals surface area contributed by atoms with Crippen LogP contribution in [0.5, 0.6) is 0 Å². The Morgan fingerprint density at radius 2 is 2.18 bits per heavy atom. The van der Waals surface area contributed by atoms with E-state index in [1.54, 1.807) is 0 Å². The zero-order chi connectivity index (χ0) is 12.5. The zero-order valence-corrected chi connectivity index (χ0v) is 10.4. The van der Waals surface area contributed by atoms with Crippen molar-refractivity contribution in [3.8, 4) is 0 Å². The van der Waals surface area contributed by atoms with Crippen molar-refractivity contribution < 1.29 is 9.90 Å². The number of hydrogen-bond donors (Lipinski definition) is 1. The van der Waals surface area contributed by atoms with Crippen molar-refractivity contribution in [2.45, 2.75) is 31.7 Å². The molecule has 0 saturated heterocycles. The fourth-order valence-corrected chi connectivity index (χ4v) is 2.90. The van der Waals surface area contributed by atoms with Crippen molar-refractivity contribution in [3.05, 3.63) is 35.4 Å². The van der Waals surface area contributed by atoms with Crippen LogP contribution in [0.4, 0.5) is 0 Å². The molecule has 2 rings (SSSR count). The average molecular weight is 233 g/mol. The summed E-state index contributed by atoms with van der Waals surface area (Å²) in [5.41, 5.74) is 1.34. The summed E-state index contributed by atoms with van der Waals surface area (Å²) in [5, 5.41) is 9.67. The summed E-state index contributed by atoms with van der Waals surface area (Å²) in [6.45, 7) is 2.88. The van der Waals surface area contributed by atoms with Crippen molar-refractivity contribution in [3.63, 3.8) is 0 Å². The van der Waals surface area contributed by atoms with E-state index < -0.39 is 11.5 Å². The van der Waals surface area contributed by atoms with Gasteiger partial charge in [-0.1, -0.05) is 31.2 Å². The summed E-state index contributed by atoms with van der Waals surface area (Å²) >= 11 is 0. The summed E-state index contributed by atoms with van der Waals surface area (Å²) in [4.78, 5) is 13.7. The largest absolute Gasteiger partial charge is 0.480 e. The van der Waals surface area contributed by atoms with Gasteiger partial charge in [0.2, 0.25) is 0 Å². The zero-order valence-electron chi connectivity index (χ0n) is 10.4. The highest BCUT2D eigenvalue weighted by atomic mass is 16.4. The van der Waals surface area contributed by atoms with Crippen LogP contribution in [0.3, 0.4) is 0 Å². The SMILES string of the molecule is CCCN(C)C1(C(=O)O)CCc2ccccc21. The van der Waals surface area contributed by atoms with Gasteiger partial charge in [0.15, 0.2) is 0 Å². The van der Waals surface area contributed by atoms with Crippen LogP contribution in [0.2, 0.25) is 0 Å². The van der Waals surface area contributed by atoms with E-state index in [9.17, 15) is 9.90 Å². The second-order valence-electron chi connectivity index (χ2n) is 4.74. The number of rotatable bonds is 4. The smallest absolute Gasteiger partial charge is 0.328 e. The predicted octanol–water partition coefficient (Wildman–Crippen LogP) is 2.25. The highest BCUT2D eigenvalue weighted by Gasteiger charge is 2.48. The monoisotopic (exact) mass is 233 g/mol. The molecule has 1 aliphatic rings. The lowest BCUT2D eigenvalue weighted by Gasteiger charge is -2.35. The molecule has 1 aromatic rings. The molecule has 0 fully saturated rings. The lowest BCUT2D eigenvalue weighted by atomic mass is 9.90. The molecule has 1 unspecified atom stereocenters. The maximum Gasteiger partial charge on any atom is 0.328 e. The molecule has 1 aliphatic carbocycles. The molecular formula is C14H19NO2. The average Bonchev–Trinajstić information content (AvgIpc) is 2.69. The summed E-state index contributed by atoms with van der Waals surface area (Å²) in [6, 6.07) is 7.92. The second-order valence-corrected chi connectivity index (χ2v) is 4.74. The topological polar surface area (TPSA) is 40.5 Å². The first-order chi connectivity index (χ1) is 8.13. The molecule has 0 aromatic heterocycles. The highest BCUT2D eigenvalue weighted by Crippen LogP contribution is 2.41. The molecule has 1 N–H and O–H groups in total. The Hall–Kier alpha value is -1.35. The Labute approximate surface area is 102 Å². The molecule has 1 aromatic carbocycles. The Kier molecular flexibility index (Phi) is 3.20. The van der Waals surface area contributed by atoms with Crippen LogP contribution in [0.25, 0.3) is 0 Å². The molecule has 0 aliphatic heterocycles. The summed E-state index contributed by atoms with van der Waals surface area (Å²) < 4.78 is 0. The van der Waals surface area contributed by atoms with Crippen LogP contribution in [0, 0.1) is 0 Å². The summed E-state index contributed by atoms with van der Waals surface area (Å²) in [7, 11) is 1.92. The van der Waals surface area contributed by atoms with Crippen molar-refractivity contribution in [2.75, 3.05) is 13.6 Å². The molecule has 0 bridgehead atoms. The fourth-order valence-electron chi connectivity index (χ4n) is 2.90. The molecule has 3 nitrogen and oxygen atoms in total. The minimum Gasteiger partial charge on any atom is -0.480 e. The molecule has 3 heteroatoms. The molecule has 0 amide bonds. The van der Waals surface area contributed by atoms with E-state index in [0.717, 1.165) is 24.9 Å². The van der Waals surface area contributed by atoms with Gasteiger partial charge in [0.1, 0.15) is 5.54 Å². The van der Waals surface area contributed by atoms with Gasteiger partial charge in [0, 0.05) is 0 Å². The van der Waals surface area contributed by atoms with Crippen molar-refractivity contribution in [1.82, 2.24) is 4.90 Å². The summed E-state index contributed by atoms with van der Waals surface area (Å²) in [6.07, 6.45) is 2.50. The van der Waals surface area contributed by atoms with E-state index in [0.29, 0.717) is 6.42 Å². The highest BCUT2D eigenvalue weighted by molar-refractivity contribution is 5.82. The first kappa shape index (κ1) is 12.1. The minimum absolute atomic E-state index is 0.679. The van der Waals surface area contributed by atoms with E-state index >= 15 is 0 Å². The van der Waals surface area contributed by atoms with E-state index in [-0.39, 0.29) is 0 Å². The Bertz CT molecular complexity index is 430. The normalized spacial score (nSPS) is 22.8. The maximum absolute atomic E-state index is 11.8. The Morgan fingerprint density at radius 3 is 2.82 bits per heavy atom. The van der Waals surface area contributed by atoms with Gasteiger partial charge < -0.3 is 5.11 Å². The van der Waals surface area contributed by atoms with Crippen LogP contribution >= 0.6 is 0 Å². The van der Waals surface area contributed by atoms with Gasteiger partial charge in [-0.3, -0.25) is 4.90 Å². The van der Waals surface area contributed by atoms with Gasteiger partial charge in [-0.05, 0) is 44.0 Å². The number of nitrogens with zero attached hydrogens (tertiary/aromatic N) is 1. The third-order valence-corrected chi connectivity index (χ3v) is 3.78. The Morgan fingerprint density at radius 1 is 1.47 bits per heavy atom. The standard InChI is InChI=1S/C14H19NO2/c1-3-10-15(2)14(13(16)17)9-8-11-6-4-5-7-12(11)14/h4-7H,3,8-10H2,1-2H3,(H,16,17). The number of carbonyl (C=O) groups is 1. The summed E-state index contributed by atoms with van der Waals surface area (Å²) in [5.74, 6) is -0.724. The molecule has 0 saturated carbocycles. The van der Waals surface area contributed by atoms with E-state index in [1.807, 2.05) is 36.2 Å². The van der Waals surface area contributed by atoms with Gasteiger partial charge in [0.05, 0.1) is 0 Å². The number of carboxylic acids is 1. The minimum atomic E-state index is -0.813. The molecule has 92 valence electrons. The number of benzene rings is 1. The van der Waals surface area contributed by atoms with Gasteiger partial charge in [-0.2, -0.15) is 0 Å². The van der Waals surface area contributed by atoms with Crippen molar-refractivity contribution >= 4 is 5.97 Å². The van der Waals surface area contributed by atoms with Crippen molar-refractivity contribution in [2.24, 2.45) is 0 Å². The molecule has 1 atom stereocenters. The number of fused-ring (bicyclic) bond motifs is 1. The Balaban J connectivity index is 2.48. The number of carboxylic acid groups (broad SMARTS) is 1. The quantitative estimate of drug-likeness (QED) is 0.867. The van der Waals surface area contributed by atoms with Crippen LogP contribution in [0.15, 0.2) is 24.3 Å². The third kappa shape index (κ3) is 1.75. The second kappa shape index (κ2) is 4.49. The number of aryl methyl sites for hydroxylation is 1. The van der Waals surface area contributed by atoms with Crippen molar-refractivity contribution in [1.29, 1.82) is 0 Å². The number of likely N-dealkylation sites (N-methyl/N-ethyl adjacent to an activating group) is 1.